The number of carboxylic acid groups (broad SMARTS) is 1. The molecule has 1 aliphatic heterocycles. The molecule has 2 N–H and O–H groups in total. The van der Waals surface area contributed by atoms with Crippen LogP contribution in [0.25, 0.3) is 0 Å². The van der Waals surface area contributed by atoms with Gasteiger partial charge in [0.15, 0.2) is 0 Å². The quantitative estimate of drug-likeness (QED) is 0.869. The molecule has 0 unspecified atom stereocenters. The number of para-hydroxylation sites is 1. The zero-order valence-electron chi connectivity index (χ0n) is 12.0. The Morgan fingerprint density at radius 3 is 2.50 bits per heavy atom. The fourth-order valence-corrected chi connectivity index (χ4v) is 3.07. The molecular formula is C16H23NO3. The summed E-state index contributed by atoms with van der Waals surface area (Å²) in [4.78, 5) is 13.8. The molecular weight excluding hydrogens is 254 g/mol. The minimum atomic E-state index is -0.651. The van der Waals surface area contributed by atoms with Crippen molar-refractivity contribution in [1.29, 1.82) is 0 Å². The second kappa shape index (κ2) is 6.27. The second-order valence-corrected chi connectivity index (χ2v) is 5.74. The largest absolute Gasteiger partial charge is 0.508 e. The highest BCUT2D eigenvalue weighted by Crippen LogP contribution is 2.37. The monoisotopic (exact) mass is 277 g/mol. The highest BCUT2D eigenvalue weighted by molar-refractivity contribution is 5.74. The minimum absolute atomic E-state index is 0.316. The van der Waals surface area contributed by atoms with Crippen molar-refractivity contribution in [1.82, 2.24) is 4.90 Å². The van der Waals surface area contributed by atoms with Crippen LogP contribution in [0, 0.1) is 5.41 Å². The van der Waals surface area contributed by atoms with Crippen molar-refractivity contribution < 1.29 is 15.0 Å². The van der Waals surface area contributed by atoms with E-state index in [1.807, 2.05) is 25.1 Å². The molecule has 1 aromatic carbocycles. The van der Waals surface area contributed by atoms with Crippen molar-refractivity contribution in [3.05, 3.63) is 29.8 Å². The number of phenolic OH excluding ortho intramolecular Hbond substituents is 1. The summed E-state index contributed by atoms with van der Waals surface area (Å²) in [5.41, 5.74) is 0.370. The molecule has 0 atom stereocenters. The van der Waals surface area contributed by atoms with Gasteiger partial charge >= 0.3 is 5.97 Å². The van der Waals surface area contributed by atoms with Crippen LogP contribution >= 0.6 is 0 Å². The van der Waals surface area contributed by atoms with Gasteiger partial charge in [-0.1, -0.05) is 31.5 Å². The van der Waals surface area contributed by atoms with Gasteiger partial charge in [0.25, 0.3) is 0 Å². The molecule has 110 valence electrons. The van der Waals surface area contributed by atoms with Crippen LogP contribution in [0.4, 0.5) is 0 Å². The van der Waals surface area contributed by atoms with Gasteiger partial charge in [-0.05, 0) is 38.4 Å². The average molecular weight is 277 g/mol. The number of rotatable bonds is 5. The standard InChI is InChI=1S/C16H23NO3/c1-2-7-16(15(19)20)8-10-17(11-9-16)12-13-5-3-4-6-14(13)18/h3-6,18H,2,7-12H2,1H3,(H,19,20). The first kappa shape index (κ1) is 14.9. The zero-order chi connectivity index (χ0) is 14.6. The summed E-state index contributed by atoms with van der Waals surface area (Å²) in [6, 6.07) is 7.34. The van der Waals surface area contributed by atoms with Crippen LogP contribution < -0.4 is 0 Å². The number of benzene rings is 1. The molecule has 0 bridgehead atoms. The van der Waals surface area contributed by atoms with Gasteiger partial charge in [-0.15, -0.1) is 0 Å². The lowest BCUT2D eigenvalue weighted by atomic mass is 9.75. The van der Waals surface area contributed by atoms with Crippen LogP contribution in [-0.2, 0) is 11.3 Å². The Kier molecular flexibility index (Phi) is 4.65. The lowest BCUT2D eigenvalue weighted by Crippen LogP contribution is -2.44. The number of phenols is 1. The highest BCUT2D eigenvalue weighted by Gasteiger charge is 2.40. The third-order valence-electron chi connectivity index (χ3n) is 4.38. The van der Waals surface area contributed by atoms with Crippen LogP contribution in [0.15, 0.2) is 24.3 Å². The number of nitrogens with zero attached hydrogens (tertiary/aromatic N) is 1. The Labute approximate surface area is 120 Å². The summed E-state index contributed by atoms with van der Waals surface area (Å²) in [7, 11) is 0. The van der Waals surface area contributed by atoms with Crippen LogP contribution in [0.2, 0.25) is 0 Å². The number of likely N-dealkylation sites (tertiary alicyclic amines) is 1. The van der Waals surface area contributed by atoms with E-state index in [9.17, 15) is 15.0 Å². The fourth-order valence-electron chi connectivity index (χ4n) is 3.07. The van der Waals surface area contributed by atoms with Gasteiger partial charge in [0.1, 0.15) is 5.75 Å². The number of aromatic hydroxyl groups is 1. The smallest absolute Gasteiger partial charge is 0.309 e. The molecule has 20 heavy (non-hydrogen) atoms. The van der Waals surface area contributed by atoms with Crippen molar-refractivity contribution in [3.63, 3.8) is 0 Å². The summed E-state index contributed by atoms with van der Waals surface area (Å²) < 4.78 is 0. The molecule has 2 rings (SSSR count). The molecule has 4 heteroatoms. The van der Waals surface area contributed by atoms with E-state index in [1.165, 1.54) is 0 Å². The van der Waals surface area contributed by atoms with Crippen molar-refractivity contribution >= 4 is 5.97 Å². The van der Waals surface area contributed by atoms with Gasteiger partial charge in [-0.25, -0.2) is 0 Å². The van der Waals surface area contributed by atoms with Gasteiger partial charge in [0, 0.05) is 12.1 Å². The predicted molar refractivity (Wildman–Crippen MR) is 77.6 cm³/mol. The second-order valence-electron chi connectivity index (χ2n) is 5.74. The van der Waals surface area contributed by atoms with Crippen molar-refractivity contribution in [2.45, 2.75) is 39.2 Å². The fraction of sp³-hybridized carbons (Fsp3) is 0.562. The van der Waals surface area contributed by atoms with Gasteiger partial charge in [-0.2, -0.15) is 0 Å². The van der Waals surface area contributed by atoms with Crippen molar-refractivity contribution in [2.75, 3.05) is 13.1 Å². The molecule has 0 spiro atoms. The number of hydrogen-bond acceptors (Lipinski definition) is 3. The van der Waals surface area contributed by atoms with Gasteiger partial charge in [0.05, 0.1) is 5.41 Å². The maximum absolute atomic E-state index is 11.5. The summed E-state index contributed by atoms with van der Waals surface area (Å²) in [6.07, 6.45) is 3.06. The Morgan fingerprint density at radius 1 is 1.30 bits per heavy atom. The molecule has 1 saturated heterocycles. The van der Waals surface area contributed by atoms with Crippen molar-refractivity contribution in [2.24, 2.45) is 5.41 Å². The van der Waals surface area contributed by atoms with Gasteiger partial charge in [-0.3, -0.25) is 9.69 Å². The van der Waals surface area contributed by atoms with E-state index in [2.05, 4.69) is 4.90 Å². The normalized spacial score (nSPS) is 18.9. The van der Waals surface area contributed by atoms with Crippen LogP contribution in [0.3, 0.4) is 0 Å². The van der Waals surface area contributed by atoms with E-state index in [4.69, 9.17) is 0 Å². The summed E-state index contributed by atoms with van der Waals surface area (Å²) in [5.74, 6) is -0.335. The molecule has 0 aliphatic carbocycles. The third-order valence-corrected chi connectivity index (χ3v) is 4.38. The molecule has 0 saturated carbocycles. The molecule has 1 fully saturated rings. The summed E-state index contributed by atoms with van der Waals surface area (Å²) in [6.45, 7) is 4.29. The first-order valence-corrected chi connectivity index (χ1v) is 7.30. The maximum Gasteiger partial charge on any atom is 0.309 e. The third kappa shape index (κ3) is 3.12. The van der Waals surface area contributed by atoms with E-state index in [0.29, 0.717) is 25.1 Å². The minimum Gasteiger partial charge on any atom is -0.508 e. The average Bonchev–Trinajstić information content (AvgIpc) is 2.43. The number of aliphatic carboxylic acids is 1. The Balaban J connectivity index is 1.97. The van der Waals surface area contributed by atoms with Crippen LogP contribution in [-0.4, -0.2) is 34.2 Å². The first-order valence-electron chi connectivity index (χ1n) is 7.30. The summed E-state index contributed by atoms with van der Waals surface area (Å²) >= 11 is 0. The molecule has 1 aliphatic rings. The zero-order valence-corrected chi connectivity index (χ0v) is 12.0. The van der Waals surface area contributed by atoms with E-state index < -0.39 is 11.4 Å². The van der Waals surface area contributed by atoms with E-state index >= 15 is 0 Å². The summed E-state index contributed by atoms with van der Waals surface area (Å²) in [5, 5.41) is 19.3. The van der Waals surface area contributed by atoms with Crippen LogP contribution in [0.1, 0.15) is 38.2 Å². The van der Waals surface area contributed by atoms with E-state index in [0.717, 1.165) is 31.5 Å². The molecule has 4 nitrogen and oxygen atoms in total. The SMILES string of the molecule is CCCC1(C(=O)O)CCN(Cc2ccccc2O)CC1. The van der Waals surface area contributed by atoms with Gasteiger partial charge < -0.3 is 10.2 Å². The van der Waals surface area contributed by atoms with E-state index in [-0.39, 0.29) is 0 Å². The first-order chi connectivity index (χ1) is 9.57. The van der Waals surface area contributed by atoms with Crippen LogP contribution in [0.5, 0.6) is 5.75 Å². The maximum atomic E-state index is 11.5. The molecule has 0 amide bonds. The number of piperidine rings is 1. The van der Waals surface area contributed by atoms with Crippen molar-refractivity contribution in [3.8, 4) is 5.75 Å². The Bertz CT molecular complexity index is 465. The highest BCUT2D eigenvalue weighted by atomic mass is 16.4. The lowest BCUT2D eigenvalue weighted by Gasteiger charge is -2.38. The Hall–Kier alpha value is -1.55. The van der Waals surface area contributed by atoms with E-state index in [1.54, 1.807) is 6.07 Å². The lowest BCUT2D eigenvalue weighted by molar-refractivity contribution is -0.152. The Morgan fingerprint density at radius 2 is 1.95 bits per heavy atom. The molecule has 0 radical (unpaired) electrons. The molecule has 1 heterocycles. The molecule has 1 aromatic rings. The molecule has 0 aromatic heterocycles. The number of carboxylic acids is 1. The topological polar surface area (TPSA) is 60.8 Å². The number of carbonyl (C=O) groups is 1. The number of hydrogen-bond donors (Lipinski definition) is 2. The predicted octanol–water partition coefficient (Wildman–Crippen LogP) is 2.86. The van der Waals surface area contributed by atoms with Gasteiger partial charge in [0.2, 0.25) is 0 Å².